The lowest BCUT2D eigenvalue weighted by atomic mass is 9.72. The molecule has 0 spiro atoms. The zero-order chi connectivity index (χ0) is 17.9. The van der Waals surface area contributed by atoms with Crippen molar-refractivity contribution in [2.75, 3.05) is 0 Å². The molecule has 25 heavy (non-hydrogen) atoms. The smallest absolute Gasteiger partial charge is 0.338 e. The van der Waals surface area contributed by atoms with Crippen molar-refractivity contribution in [3.05, 3.63) is 34.6 Å². The van der Waals surface area contributed by atoms with E-state index in [9.17, 15) is 14.7 Å². The van der Waals surface area contributed by atoms with Gasteiger partial charge in [0.05, 0.1) is 23.9 Å². The van der Waals surface area contributed by atoms with Crippen molar-refractivity contribution in [2.24, 2.45) is 11.3 Å². The quantitative estimate of drug-likeness (QED) is 0.357. The highest BCUT2D eigenvalue weighted by atomic mass is 16.7. The highest BCUT2D eigenvalue weighted by Crippen LogP contribution is 2.54. The van der Waals surface area contributed by atoms with Gasteiger partial charge in [0.25, 0.3) is 6.29 Å². The van der Waals surface area contributed by atoms with Crippen LogP contribution < -0.4 is 0 Å². The lowest BCUT2D eigenvalue weighted by molar-refractivity contribution is -0.152. The van der Waals surface area contributed by atoms with E-state index >= 15 is 0 Å². The van der Waals surface area contributed by atoms with E-state index in [-0.39, 0.29) is 5.41 Å². The van der Waals surface area contributed by atoms with Crippen molar-refractivity contribution in [3.8, 4) is 0 Å². The second-order valence-corrected chi connectivity index (χ2v) is 7.81. The van der Waals surface area contributed by atoms with Gasteiger partial charge in [-0.2, -0.15) is 0 Å². The summed E-state index contributed by atoms with van der Waals surface area (Å²) in [6.07, 6.45) is 3.70. The van der Waals surface area contributed by atoms with E-state index in [1.165, 1.54) is 6.26 Å². The number of hydrogen-bond donors (Lipinski definition) is 1. The minimum Gasteiger partial charge on any atom is -0.458 e. The molecule has 0 aromatic heterocycles. The van der Waals surface area contributed by atoms with Crippen molar-refractivity contribution in [3.63, 3.8) is 0 Å². The molecule has 0 radical (unpaired) electrons. The van der Waals surface area contributed by atoms with E-state index in [0.717, 1.165) is 30.4 Å². The lowest BCUT2D eigenvalue weighted by Crippen LogP contribution is -2.27. The first kappa shape index (κ1) is 16.4. The first-order chi connectivity index (χ1) is 11.8. The molecule has 134 valence electrons. The van der Waals surface area contributed by atoms with Crippen LogP contribution in [0.25, 0.3) is 0 Å². The maximum absolute atomic E-state index is 12.3. The highest BCUT2D eigenvalue weighted by molar-refractivity contribution is 5.93. The van der Waals surface area contributed by atoms with Gasteiger partial charge in [-0.1, -0.05) is 13.8 Å². The Balaban J connectivity index is 1.60. The molecule has 0 saturated carbocycles. The Hall–Kier alpha value is -2.08. The maximum Gasteiger partial charge on any atom is 0.338 e. The van der Waals surface area contributed by atoms with Crippen molar-refractivity contribution < 1.29 is 28.9 Å². The van der Waals surface area contributed by atoms with Crippen LogP contribution in [0, 0.1) is 11.3 Å². The Bertz CT molecular complexity index is 741. The van der Waals surface area contributed by atoms with Crippen LogP contribution in [0.5, 0.6) is 0 Å². The topological polar surface area (TPSA) is 82.1 Å². The van der Waals surface area contributed by atoms with E-state index in [1.807, 2.05) is 0 Å². The molecule has 0 amide bonds. The Labute approximate surface area is 146 Å². The van der Waals surface area contributed by atoms with Gasteiger partial charge in [-0.3, -0.25) is 0 Å². The summed E-state index contributed by atoms with van der Waals surface area (Å²) in [5.74, 6) is -1.36. The summed E-state index contributed by atoms with van der Waals surface area (Å²) in [6, 6.07) is 0. The van der Waals surface area contributed by atoms with Gasteiger partial charge in [0, 0.05) is 11.6 Å². The molecular formula is C19H22O6. The van der Waals surface area contributed by atoms with Crippen molar-refractivity contribution >= 4 is 11.9 Å². The third-order valence-electron chi connectivity index (χ3n) is 5.72. The molecule has 0 bridgehead atoms. The number of rotatable bonds is 2. The van der Waals surface area contributed by atoms with Crippen LogP contribution in [0.1, 0.15) is 40.0 Å². The summed E-state index contributed by atoms with van der Waals surface area (Å²) < 4.78 is 16.1. The molecule has 1 saturated heterocycles. The second kappa shape index (κ2) is 5.46. The maximum atomic E-state index is 12.3. The van der Waals surface area contributed by atoms with Crippen molar-refractivity contribution in [2.45, 2.75) is 58.5 Å². The zero-order valence-corrected chi connectivity index (χ0v) is 14.6. The van der Waals surface area contributed by atoms with Gasteiger partial charge >= 0.3 is 11.9 Å². The summed E-state index contributed by atoms with van der Waals surface area (Å²) >= 11 is 0. The molecule has 4 aliphatic rings. The average Bonchev–Trinajstić information content (AvgIpc) is 3.11. The number of fused-ring (bicyclic) bond motifs is 2. The van der Waals surface area contributed by atoms with E-state index < -0.39 is 36.4 Å². The number of ether oxygens (including phenoxy) is 3. The summed E-state index contributed by atoms with van der Waals surface area (Å²) in [6.45, 7) is 5.90. The number of hydrogen-bond acceptors (Lipinski definition) is 6. The van der Waals surface area contributed by atoms with Gasteiger partial charge in [0.2, 0.25) is 0 Å². The van der Waals surface area contributed by atoms with Crippen LogP contribution >= 0.6 is 0 Å². The number of aliphatic hydroxyl groups excluding tert-OH is 1. The highest BCUT2D eigenvalue weighted by Gasteiger charge is 2.56. The SMILES string of the molecule is CC1=C[C@H](O/C=C2\C(=O)O[C@@H]3C4=C(CCCC4(C)C)[C@@H](O)[C@H]23)OC1=O. The van der Waals surface area contributed by atoms with Crippen LogP contribution in [-0.4, -0.2) is 35.5 Å². The number of carbonyl (C=O) groups is 2. The average molecular weight is 346 g/mol. The van der Waals surface area contributed by atoms with Gasteiger partial charge < -0.3 is 19.3 Å². The van der Waals surface area contributed by atoms with Gasteiger partial charge in [-0.15, -0.1) is 0 Å². The van der Waals surface area contributed by atoms with Crippen LogP contribution in [0.15, 0.2) is 34.6 Å². The predicted molar refractivity (Wildman–Crippen MR) is 86.8 cm³/mol. The fourth-order valence-corrected chi connectivity index (χ4v) is 4.49. The lowest BCUT2D eigenvalue weighted by Gasteiger charge is -2.34. The van der Waals surface area contributed by atoms with Crippen molar-refractivity contribution in [1.82, 2.24) is 0 Å². The monoisotopic (exact) mass is 346 g/mol. The number of aliphatic hydroxyl groups is 1. The molecule has 0 aromatic carbocycles. The first-order valence-corrected chi connectivity index (χ1v) is 8.67. The molecule has 1 N–H and O–H groups in total. The Kier molecular flexibility index (Phi) is 3.58. The zero-order valence-electron chi connectivity index (χ0n) is 14.6. The molecule has 0 aromatic rings. The van der Waals surface area contributed by atoms with Crippen molar-refractivity contribution in [1.29, 1.82) is 0 Å². The molecule has 1 fully saturated rings. The standard InChI is InChI=1S/C19H22O6/c1-9-7-12(24-17(9)21)23-8-11-13-15(20)10-5-4-6-19(2,3)14(10)16(13)25-18(11)22/h7-8,12-13,15-16,20H,4-6H2,1-3H3/b11-8-/t12-,13+,15-,16+/m1/s1. The molecule has 4 atom stereocenters. The van der Waals surface area contributed by atoms with Gasteiger partial charge in [0.1, 0.15) is 6.10 Å². The van der Waals surface area contributed by atoms with Crippen LogP contribution in [0.2, 0.25) is 0 Å². The Morgan fingerprint density at radius 1 is 1.28 bits per heavy atom. The predicted octanol–water partition coefficient (Wildman–Crippen LogP) is 2.14. The molecule has 2 aliphatic heterocycles. The van der Waals surface area contributed by atoms with Gasteiger partial charge in [-0.05, 0) is 42.7 Å². The van der Waals surface area contributed by atoms with Gasteiger partial charge in [0.15, 0.2) is 0 Å². The molecule has 0 unspecified atom stereocenters. The fourth-order valence-electron chi connectivity index (χ4n) is 4.49. The molecular weight excluding hydrogens is 324 g/mol. The molecule has 2 heterocycles. The first-order valence-electron chi connectivity index (χ1n) is 8.67. The summed E-state index contributed by atoms with van der Waals surface area (Å²) in [4.78, 5) is 23.7. The summed E-state index contributed by atoms with van der Waals surface area (Å²) in [5.41, 5.74) is 2.75. The Morgan fingerprint density at radius 3 is 2.72 bits per heavy atom. The van der Waals surface area contributed by atoms with Crippen LogP contribution in [0.4, 0.5) is 0 Å². The number of esters is 2. The molecule has 2 aliphatic carbocycles. The largest absolute Gasteiger partial charge is 0.458 e. The van der Waals surface area contributed by atoms with Crippen LogP contribution in [0.3, 0.4) is 0 Å². The van der Waals surface area contributed by atoms with Gasteiger partial charge in [-0.25, -0.2) is 9.59 Å². The van der Waals surface area contributed by atoms with E-state index in [0.29, 0.717) is 11.1 Å². The van der Waals surface area contributed by atoms with E-state index in [4.69, 9.17) is 14.2 Å². The third kappa shape index (κ3) is 2.42. The Morgan fingerprint density at radius 2 is 2.04 bits per heavy atom. The number of cyclic esters (lactones) is 1. The molecule has 6 nitrogen and oxygen atoms in total. The van der Waals surface area contributed by atoms with E-state index in [2.05, 4.69) is 13.8 Å². The van der Waals surface area contributed by atoms with Crippen LogP contribution in [-0.2, 0) is 23.8 Å². The van der Waals surface area contributed by atoms with E-state index in [1.54, 1.807) is 13.0 Å². The minimum atomic E-state index is -0.843. The summed E-state index contributed by atoms with van der Waals surface area (Å²) in [7, 11) is 0. The summed E-state index contributed by atoms with van der Waals surface area (Å²) in [5, 5.41) is 10.8. The third-order valence-corrected chi connectivity index (χ3v) is 5.72. The second-order valence-electron chi connectivity index (χ2n) is 7.81. The fraction of sp³-hybridized carbons (Fsp3) is 0.579. The molecule has 4 rings (SSSR count). The minimum absolute atomic E-state index is 0.0919. The number of carbonyl (C=O) groups excluding carboxylic acids is 2. The normalized spacial score (nSPS) is 37.6. The molecule has 6 heteroatoms.